The maximum Gasteiger partial charge on any atom is 0.218 e. The van der Waals surface area contributed by atoms with Crippen LogP contribution in [0, 0.1) is 0 Å². The highest BCUT2D eigenvalue weighted by atomic mass is 16.5. The van der Waals surface area contributed by atoms with Gasteiger partial charge in [-0.05, 0) is 30.2 Å². The predicted octanol–water partition coefficient (Wildman–Crippen LogP) is 2.97. The van der Waals surface area contributed by atoms with Gasteiger partial charge >= 0.3 is 0 Å². The van der Waals surface area contributed by atoms with Crippen molar-refractivity contribution in [2.24, 2.45) is 5.73 Å². The molecule has 0 aliphatic carbocycles. The van der Waals surface area contributed by atoms with Gasteiger partial charge in [-0.15, -0.1) is 0 Å². The largest absolute Gasteiger partial charge is 0.481 e. The number of ether oxygens (including phenoxy) is 1. The molecule has 0 saturated heterocycles. The van der Waals surface area contributed by atoms with E-state index < -0.39 is 0 Å². The van der Waals surface area contributed by atoms with Gasteiger partial charge in [0.05, 0.1) is 7.11 Å². The highest BCUT2D eigenvalue weighted by molar-refractivity contribution is 5.48. The maximum atomic E-state index is 5.66. The second-order valence-electron chi connectivity index (χ2n) is 4.96. The Bertz CT molecular complexity index is 554. The average Bonchev–Trinajstić information content (AvgIpc) is 2.55. The number of benzene rings is 1. The summed E-state index contributed by atoms with van der Waals surface area (Å²) in [6.07, 6.45) is 2.84. The molecule has 0 bridgehead atoms. The van der Waals surface area contributed by atoms with Crippen LogP contribution in [0.1, 0.15) is 24.5 Å². The van der Waals surface area contributed by atoms with Crippen molar-refractivity contribution in [1.29, 1.82) is 0 Å². The summed E-state index contributed by atoms with van der Waals surface area (Å²) in [5.41, 5.74) is 9.09. The first-order valence-electron chi connectivity index (χ1n) is 7.30. The zero-order chi connectivity index (χ0) is 15.1. The Morgan fingerprint density at radius 2 is 1.95 bits per heavy atom. The first-order chi connectivity index (χ1) is 10.3. The van der Waals surface area contributed by atoms with Crippen LogP contribution < -0.4 is 15.4 Å². The minimum atomic E-state index is 0.574. The molecule has 21 heavy (non-hydrogen) atoms. The van der Waals surface area contributed by atoms with Crippen LogP contribution in [0.15, 0.2) is 42.6 Å². The van der Waals surface area contributed by atoms with E-state index in [1.165, 1.54) is 5.69 Å². The number of hydrogen-bond donors (Lipinski definition) is 1. The number of pyridine rings is 1. The van der Waals surface area contributed by atoms with E-state index in [0.29, 0.717) is 12.4 Å². The Labute approximate surface area is 126 Å². The van der Waals surface area contributed by atoms with Crippen LogP contribution in [-0.4, -0.2) is 18.6 Å². The molecule has 0 fully saturated rings. The van der Waals surface area contributed by atoms with Gasteiger partial charge in [0.2, 0.25) is 5.88 Å². The van der Waals surface area contributed by atoms with E-state index in [1.807, 2.05) is 6.07 Å². The molecule has 0 saturated carbocycles. The molecule has 0 amide bonds. The molecule has 0 radical (unpaired) electrons. The fourth-order valence-corrected chi connectivity index (χ4v) is 2.35. The van der Waals surface area contributed by atoms with Crippen LogP contribution in [0.2, 0.25) is 0 Å². The Balaban J connectivity index is 2.21. The number of aromatic nitrogens is 1. The molecule has 4 nitrogen and oxygen atoms in total. The average molecular weight is 285 g/mol. The first-order valence-corrected chi connectivity index (χ1v) is 7.30. The van der Waals surface area contributed by atoms with E-state index in [-0.39, 0.29) is 0 Å². The molecule has 2 N–H and O–H groups in total. The Hall–Kier alpha value is -2.07. The van der Waals surface area contributed by atoms with E-state index in [0.717, 1.165) is 30.6 Å². The van der Waals surface area contributed by atoms with Gasteiger partial charge in [-0.1, -0.05) is 25.1 Å². The monoisotopic (exact) mass is 285 g/mol. The van der Waals surface area contributed by atoms with E-state index in [1.54, 1.807) is 13.3 Å². The number of methoxy groups -OCH3 is 1. The van der Waals surface area contributed by atoms with Crippen LogP contribution in [0.4, 0.5) is 5.69 Å². The molecule has 112 valence electrons. The van der Waals surface area contributed by atoms with Gasteiger partial charge in [0, 0.05) is 37.1 Å². The van der Waals surface area contributed by atoms with Crippen molar-refractivity contribution in [3.63, 3.8) is 0 Å². The number of anilines is 1. The molecule has 1 aromatic carbocycles. The second kappa shape index (κ2) is 7.64. The molecule has 0 aliphatic rings. The van der Waals surface area contributed by atoms with E-state index in [4.69, 9.17) is 10.5 Å². The molecule has 4 heteroatoms. The molecule has 2 rings (SSSR count). The highest BCUT2D eigenvalue weighted by Crippen LogP contribution is 2.22. The van der Waals surface area contributed by atoms with Gasteiger partial charge in [-0.25, -0.2) is 4.98 Å². The Kier molecular flexibility index (Phi) is 5.58. The fraction of sp³-hybridized carbons (Fsp3) is 0.353. The third kappa shape index (κ3) is 3.95. The molecular formula is C17H23N3O. The Morgan fingerprint density at radius 3 is 2.57 bits per heavy atom. The molecule has 0 spiro atoms. The highest BCUT2D eigenvalue weighted by Gasteiger charge is 2.10. The first kappa shape index (κ1) is 15.3. The molecule has 0 atom stereocenters. The van der Waals surface area contributed by atoms with Gasteiger partial charge in [-0.3, -0.25) is 0 Å². The van der Waals surface area contributed by atoms with E-state index in [2.05, 4.69) is 47.1 Å². The van der Waals surface area contributed by atoms with Crippen molar-refractivity contribution < 1.29 is 4.74 Å². The van der Waals surface area contributed by atoms with Crippen LogP contribution >= 0.6 is 0 Å². The van der Waals surface area contributed by atoms with Crippen molar-refractivity contribution in [1.82, 2.24) is 4.98 Å². The SMILES string of the molecule is CCCN(Cc1cccnc1OC)c1ccc(CN)cc1. The van der Waals surface area contributed by atoms with Gasteiger partial charge in [0.15, 0.2) is 0 Å². The lowest BCUT2D eigenvalue weighted by atomic mass is 10.1. The summed E-state index contributed by atoms with van der Waals surface area (Å²) >= 11 is 0. The van der Waals surface area contributed by atoms with Gasteiger partial charge in [0.25, 0.3) is 0 Å². The van der Waals surface area contributed by atoms with Crippen molar-refractivity contribution in [3.8, 4) is 5.88 Å². The second-order valence-corrected chi connectivity index (χ2v) is 4.96. The summed E-state index contributed by atoms with van der Waals surface area (Å²) in [4.78, 5) is 6.60. The van der Waals surface area contributed by atoms with Crippen LogP contribution in [0.5, 0.6) is 5.88 Å². The van der Waals surface area contributed by atoms with Crippen molar-refractivity contribution >= 4 is 5.69 Å². The lowest BCUT2D eigenvalue weighted by Crippen LogP contribution is -2.24. The fourth-order valence-electron chi connectivity index (χ4n) is 2.35. The standard InChI is InChI=1S/C17H23N3O/c1-3-11-20(16-8-6-14(12-18)7-9-16)13-15-5-4-10-19-17(15)21-2/h4-10H,3,11-13,18H2,1-2H3. The maximum absolute atomic E-state index is 5.66. The molecule has 1 heterocycles. The topological polar surface area (TPSA) is 51.4 Å². The summed E-state index contributed by atoms with van der Waals surface area (Å²) < 4.78 is 5.34. The third-order valence-corrected chi connectivity index (χ3v) is 3.44. The smallest absolute Gasteiger partial charge is 0.218 e. The molecule has 0 unspecified atom stereocenters. The van der Waals surface area contributed by atoms with Crippen molar-refractivity contribution in [3.05, 3.63) is 53.7 Å². The lowest BCUT2D eigenvalue weighted by molar-refractivity contribution is 0.392. The molecule has 2 aromatic rings. The van der Waals surface area contributed by atoms with Crippen molar-refractivity contribution in [2.45, 2.75) is 26.4 Å². The van der Waals surface area contributed by atoms with Crippen LogP contribution in [-0.2, 0) is 13.1 Å². The minimum absolute atomic E-state index is 0.574. The molecular weight excluding hydrogens is 262 g/mol. The predicted molar refractivity (Wildman–Crippen MR) is 86.5 cm³/mol. The zero-order valence-electron chi connectivity index (χ0n) is 12.7. The van der Waals surface area contributed by atoms with Crippen molar-refractivity contribution in [2.75, 3.05) is 18.6 Å². The molecule has 1 aromatic heterocycles. The van der Waals surface area contributed by atoms with Gasteiger partial charge in [0.1, 0.15) is 0 Å². The summed E-state index contributed by atoms with van der Waals surface area (Å²) in [5, 5.41) is 0. The Morgan fingerprint density at radius 1 is 1.19 bits per heavy atom. The number of nitrogens with zero attached hydrogens (tertiary/aromatic N) is 2. The summed E-state index contributed by atoms with van der Waals surface area (Å²) in [7, 11) is 1.66. The lowest BCUT2D eigenvalue weighted by Gasteiger charge is -2.25. The third-order valence-electron chi connectivity index (χ3n) is 3.44. The quantitative estimate of drug-likeness (QED) is 0.849. The zero-order valence-corrected chi connectivity index (χ0v) is 12.7. The number of nitrogens with two attached hydrogens (primary N) is 1. The normalized spacial score (nSPS) is 10.4. The van der Waals surface area contributed by atoms with Gasteiger partial charge < -0.3 is 15.4 Å². The summed E-state index contributed by atoms with van der Waals surface area (Å²) in [5.74, 6) is 0.692. The van der Waals surface area contributed by atoms with Gasteiger partial charge in [-0.2, -0.15) is 0 Å². The summed E-state index contributed by atoms with van der Waals surface area (Å²) in [6.45, 7) is 4.53. The van der Waals surface area contributed by atoms with E-state index in [9.17, 15) is 0 Å². The van der Waals surface area contributed by atoms with Crippen LogP contribution in [0.3, 0.4) is 0 Å². The van der Waals surface area contributed by atoms with E-state index >= 15 is 0 Å². The van der Waals surface area contributed by atoms with Crippen LogP contribution in [0.25, 0.3) is 0 Å². The number of hydrogen-bond acceptors (Lipinski definition) is 4. The minimum Gasteiger partial charge on any atom is -0.481 e. The summed E-state index contributed by atoms with van der Waals surface area (Å²) in [6, 6.07) is 12.4. The number of rotatable bonds is 7. The molecule has 0 aliphatic heterocycles.